The summed E-state index contributed by atoms with van der Waals surface area (Å²) in [6.45, 7) is 3.63. The highest BCUT2D eigenvalue weighted by molar-refractivity contribution is 5.77. The van der Waals surface area contributed by atoms with E-state index in [-0.39, 0.29) is 12.5 Å². The van der Waals surface area contributed by atoms with Crippen LogP contribution in [0.1, 0.15) is 25.8 Å². The lowest BCUT2D eigenvalue weighted by molar-refractivity contribution is -0.135. The molecule has 4 nitrogen and oxygen atoms in total. The highest BCUT2D eigenvalue weighted by Gasteiger charge is 2.26. The number of carbonyl (C=O) groups excluding carboxylic acids is 1. The van der Waals surface area contributed by atoms with Gasteiger partial charge in [-0.3, -0.25) is 4.79 Å². The van der Waals surface area contributed by atoms with E-state index in [1.165, 1.54) is 0 Å². The summed E-state index contributed by atoms with van der Waals surface area (Å²) in [6, 6.07) is 7.55. The normalized spacial score (nSPS) is 11.3. The summed E-state index contributed by atoms with van der Waals surface area (Å²) in [4.78, 5) is 13.6. The molecule has 0 atom stereocenters. The fraction of sp³-hybridized carbons (Fsp3) is 0.500. The molecule has 1 amide bonds. The van der Waals surface area contributed by atoms with E-state index in [0.717, 1.165) is 5.56 Å². The van der Waals surface area contributed by atoms with Crippen molar-refractivity contribution in [3.05, 3.63) is 29.8 Å². The Labute approximate surface area is 108 Å². The molecule has 4 heteroatoms. The molecule has 0 bridgehead atoms. The zero-order chi connectivity index (χ0) is 13.8. The first-order valence-corrected chi connectivity index (χ1v) is 6.09. The quantitative estimate of drug-likeness (QED) is 0.777. The van der Waals surface area contributed by atoms with Crippen molar-refractivity contribution < 1.29 is 9.90 Å². The van der Waals surface area contributed by atoms with Gasteiger partial charge in [-0.25, -0.2) is 0 Å². The largest absolute Gasteiger partial charge is 0.399 e. The molecule has 0 saturated heterocycles. The smallest absolute Gasteiger partial charge is 0.223 e. The molecular formula is C14H22N2O2. The molecule has 0 aromatic heterocycles. The van der Waals surface area contributed by atoms with Crippen LogP contribution in [0.2, 0.25) is 0 Å². The van der Waals surface area contributed by atoms with Gasteiger partial charge in [-0.2, -0.15) is 0 Å². The minimum Gasteiger partial charge on any atom is -0.399 e. The van der Waals surface area contributed by atoms with Crippen LogP contribution >= 0.6 is 0 Å². The van der Waals surface area contributed by atoms with Crippen LogP contribution in [0, 0.1) is 0 Å². The summed E-state index contributed by atoms with van der Waals surface area (Å²) in [5.41, 5.74) is 6.93. The van der Waals surface area contributed by atoms with E-state index in [9.17, 15) is 9.90 Å². The van der Waals surface area contributed by atoms with Crippen molar-refractivity contribution in [3.63, 3.8) is 0 Å². The lowest BCUT2D eigenvalue weighted by atomic mass is 10.0. The van der Waals surface area contributed by atoms with E-state index in [4.69, 9.17) is 5.73 Å². The first-order chi connectivity index (χ1) is 8.36. The number of rotatable bonds is 5. The van der Waals surface area contributed by atoms with Crippen LogP contribution in [-0.2, 0) is 11.2 Å². The molecule has 0 spiro atoms. The SMILES string of the molecule is CN(C(=O)CCc1cccc(N)c1)C(C)(C)CO. The summed E-state index contributed by atoms with van der Waals surface area (Å²) in [5.74, 6) is 0.0245. The maximum Gasteiger partial charge on any atom is 0.223 e. The molecule has 1 rings (SSSR count). The first-order valence-electron chi connectivity index (χ1n) is 6.09. The van der Waals surface area contributed by atoms with Gasteiger partial charge in [0.25, 0.3) is 0 Å². The summed E-state index contributed by atoms with van der Waals surface area (Å²) in [6.07, 6.45) is 1.08. The number of anilines is 1. The van der Waals surface area contributed by atoms with E-state index in [2.05, 4.69) is 0 Å². The Morgan fingerprint density at radius 2 is 2.11 bits per heavy atom. The second-order valence-electron chi connectivity index (χ2n) is 5.17. The molecule has 0 unspecified atom stereocenters. The number of aryl methyl sites for hydroxylation is 1. The molecule has 0 heterocycles. The number of benzene rings is 1. The van der Waals surface area contributed by atoms with E-state index in [1.54, 1.807) is 11.9 Å². The Bertz CT molecular complexity index is 416. The van der Waals surface area contributed by atoms with Gasteiger partial charge in [0, 0.05) is 19.2 Å². The molecule has 1 aromatic carbocycles. The lowest BCUT2D eigenvalue weighted by Crippen LogP contribution is -2.47. The van der Waals surface area contributed by atoms with Crippen molar-refractivity contribution in [3.8, 4) is 0 Å². The number of carbonyl (C=O) groups is 1. The van der Waals surface area contributed by atoms with Crippen LogP contribution in [0.5, 0.6) is 0 Å². The van der Waals surface area contributed by atoms with Crippen LogP contribution in [-0.4, -0.2) is 35.1 Å². The van der Waals surface area contributed by atoms with Crippen LogP contribution in [0.25, 0.3) is 0 Å². The predicted molar refractivity (Wildman–Crippen MR) is 73.1 cm³/mol. The lowest BCUT2D eigenvalue weighted by Gasteiger charge is -2.34. The van der Waals surface area contributed by atoms with E-state index in [1.807, 2.05) is 38.1 Å². The average molecular weight is 250 g/mol. The van der Waals surface area contributed by atoms with Crippen molar-refractivity contribution in [1.29, 1.82) is 0 Å². The first kappa shape index (κ1) is 14.5. The third-order valence-corrected chi connectivity index (χ3v) is 3.25. The van der Waals surface area contributed by atoms with Gasteiger partial charge in [0.15, 0.2) is 0 Å². The summed E-state index contributed by atoms with van der Waals surface area (Å²) < 4.78 is 0. The number of nitrogens with zero attached hydrogens (tertiary/aromatic N) is 1. The molecule has 0 saturated carbocycles. The highest BCUT2D eigenvalue weighted by Crippen LogP contribution is 2.14. The van der Waals surface area contributed by atoms with Gasteiger partial charge < -0.3 is 15.7 Å². The molecule has 0 radical (unpaired) electrons. The van der Waals surface area contributed by atoms with Crippen LogP contribution in [0.4, 0.5) is 5.69 Å². The van der Waals surface area contributed by atoms with Gasteiger partial charge in [-0.05, 0) is 38.0 Å². The third kappa shape index (κ3) is 3.74. The van der Waals surface area contributed by atoms with Crippen molar-refractivity contribution in [2.75, 3.05) is 19.4 Å². The highest BCUT2D eigenvalue weighted by atomic mass is 16.3. The number of nitrogens with two attached hydrogens (primary N) is 1. The van der Waals surface area contributed by atoms with Crippen molar-refractivity contribution in [2.45, 2.75) is 32.2 Å². The van der Waals surface area contributed by atoms with Gasteiger partial charge in [-0.1, -0.05) is 12.1 Å². The maximum absolute atomic E-state index is 12.0. The Balaban J connectivity index is 2.56. The molecular weight excluding hydrogens is 228 g/mol. The van der Waals surface area contributed by atoms with Gasteiger partial charge in [-0.15, -0.1) is 0 Å². The number of amides is 1. The summed E-state index contributed by atoms with van der Waals surface area (Å²) >= 11 is 0. The summed E-state index contributed by atoms with van der Waals surface area (Å²) in [7, 11) is 1.72. The molecule has 0 aliphatic heterocycles. The fourth-order valence-corrected chi connectivity index (χ4v) is 1.61. The van der Waals surface area contributed by atoms with Gasteiger partial charge in [0.1, 0.15) is 0 Å². The van der Waals surface area contributed by atoms with Crippen LogP contribution < -0.4 is 5.73 Å². The molecule has 18 heavy (non-hydrogen) atoms. The standard InChI is InChI=1S/C14H22N2O2/c1-14(2,10-17)16(3)13(18)8-7-11-5-4-6-12(15)9-11/h4-6,9,17H,7-8,10,15H2,1-3H3. The Morgan fingerprint density at radius 1 is 1.44 bits per heavy atom. The van der Waals surface area contributed by atoms with Gasteiger partial charge in [0.2, 0.25) is 5.91 Å². The van der Waals surface area contributed by atoms with Crippen molar-refractivity contribution in [2.24, 2.45) is 0 Å². The Hall–Kier alpha value is -1.55. The van der Waals surface area contributed by atoms with E-state index < -0.39 is 5.54 Å². The topological polar surface area (TPSA) is 66.6 Å². The zero-order valence-corrected chi connectivity index (χ0v) is 11.3. The number of likely N-dealkylation sites (N-methyl/N-ethyl adjacent to an activating group) is 1. The second kappa shape index (κ2) is 5.87. The van der Waals surface area contributed by atoms with Crippen LogP contribution in [0.3, 0.4) is 0 Å². The van der Waals surface area contributed by atoms with Gasteiger partial charge in [0.05, 0.1) is 12.1 Å². The Morgan fingerprint density at radius 3 is 2.67 bits per heavy atom. The molecule has 0 aliphatic rings. The summed E-state index contributed by atoms with van der Waals surface area (Å²) in [5, 5.41) is 9.22. The number of aliphatic hydroxyl groups excluding tert-OH is 1. The monoisotopic (exact) mass is 250 g/mol. The minimum absolute atomic E-state index is 0.0245. The van der Waals surface area contributed by atoms with Gasteiger partial charge >= 0.3 is 0 Å². The number of aliphatic hydroxyl groups is 1. The third-order valence-electron chi connectivity index (χ3n) is 3.25. The van der Waals surface area contributed by atoms with Crippen LogP contribution in [0.15, 0.2) is 24.3 Å². The Kier molecular flexibility index (Phi) is 4.73. The second-order valence-corrected chi connectivity index (χ2v) is 5.17. The molecule has 3 N–H and O–H groups in total. The number of hydrogen-bond donors (Lipinski definition) is 2. The minimum atomic E-state index is -0.521. The predicted octanol–water partition coefficient (Wildman–Crippen LogP) is 1.43. The van der Waals surface area contributed by atoms with Crippen molar-refractivity contribution >= 4 is 11.6 Å². The van der Waals surface area contributed by atoms with E-state index >= 15 is 0 Å². The zero-order valence-electron chi connectivity index (χ0n) is 11.3. The molecule has 1 aromatic rings. The molecule has 100 valence electrons. The fourth-order valence-electron chi connectivity index (χ4n) is 1.61. The number of hydrogen-bond acceptors (Lipinski definition) is 3. The average Bonchev–Trinajstić information content (AvgIpc) is 2.35. The number of nitrogen functional groups attached to an aromatic ring is 1. The maximum atomic E-state index is 12.0. The van der Waals surface area contributed by atoms with Crippen molar-refractivity contribution in [1.82, 2.24) is 4.90 Å². The molecule has 0 aliphatic carbocycles. The van der Waals surface area contributed by atoms with E-state index in [0.29, 0.717) is 18.5 Å². The molecule has 0 fully saturated rings.